The first-order valence-electron chi connectivity index (χ1n) is 15.2. The van der Waals surface area contributed by atoms with E-state index in [9.17, 15) is 0 Å². The van der Waals surface area contributed by atoms with Crippen molar-refractivity contribution in [1.29, 1.82) is 0 Å². The second kappa shape index (κ2) is 9.46. The predicted octanol–water partition coefficient (Wildman–Crippen LogP) is 11.4. The molecule has 2 heterocycles. The molecule has 0 saturated carbocycles. The number of benzene rings is 4. The zero-order chi connectivity index (χ0) is 28.5. The van der Waals surface area contributed by atoms with Gasteiger partial charge >= 0.3 is 0 Å². The first kappa shape index (κ1) is 26.3. The molecule has 0 fully saturated rings. The summed E-state index contributed by atoms with van der Waals surface area (Å²) < 4.78 is 2.48. The first-order valence-corrected chi connectivity index (χ1v) is 16.0. The highest BCUT2D eigenvalue weighted by Gasteiger charge is 2.35. The van der Waals surface area contributed by atoms with Crippen LogP contribution in [0.5, 0.6) is 0 Å². The lowest BCUT2D eigenvalue weighted by atomic mass is 9.78. The van der Waals surface area contributed by atoms with Crippen LogP contribution >= 0.6 is 11.3 Å². The van der Waals surface area contributed by atoms with Gasteiger partial charge in [-0.3, -0.25) is 0 Å². The molecule has 7 rings (SSSR count). The lowest BCUT2D eigenvalue weighted by Crippen LogP contribution is -2.21. The summed E-state index contributed by atoms with van der Waals surface area (Å²) in [4.78, 5) is 2.97. The highest BCUT2D eigenvalue weighted by Crippen LogP contribution is 2.50. The van der Waals surface area contributed by atoms with E-state index in [-0.39, 0.29) is 10.8 Å². The Morgan fingerprint density at radius 3 is 2.29 bits per heavy atom. The number of thiophene rings is 1. The number of hydrogen-bond acceptors (Lipinski definition) is 1. The molecule has 2 heteroatoms. The van der Waals surface area contributed by atoms with E-state index < -0.39 is 0 Å². The van der Waals surface area contributed by atoms with Crippen LogP contribution in [-0.2, 0) is 10.8 Å². The SMILES string of the molecule is CCC(C)c1ccc(C(C)(CC)c2ccc3c(c2)c2ccccc2n3-c2ccc3c(c2)C(C)(C)c2ccccc2-3)s1. The van der Waals surface area contributed by atoms with Gasteiger partial charge in [0.2, 0.25) is 0 Å². The van der Waals surface area contributed by atoms with Gasteiger partial charge in [0.25, 0.3) is 0 Å². The van der Waals surface area contributed by atoms with Crippen LogP contribution in [0.25, 0.3) is 38.6 Å². The maximum atomic E-state index is 2.48. The average molecular weight is 554 g/mol. The van der Waals surface area contributed by atoms with Crippen molar-refractivity contribution < 1.29 is 0 Å². The monoisotopic (exact) mass is 553 g/mol. The fourth-order valence-electron chi connectivity index (χ4n) is 7.06. The van der Waals surface area contributed by atoms with Crippen LogP contribution in [0.15, 0.2) is 97.1 Å². The molecule has 206 valence electrons. The van der Waals surface area contributed by atoms with Crippen LogP contribution in [0.2, 0.25) is 0 Å². The maximum Gasteiger partial charge on any atom is 0.0541 e. The highest BCUT2D eigenvalue weighted by molar-refractivity contribution is 7.12. The minimum atomic E-state index is -0.0222. The molecule has 0 bridgehead atoms. The van der Waals surface area contributed by atoms with Crippen LogP contribution in [0, 0.1) is 0 Å². The highest BCUT2D eigenvalue weighted by atomic mass is 32.1. The Labute approximate surface area is 248 Å². The molecule has 4 aromatic carbocycles. The molecule has 1 aliphatic rings. The van der Waals surface area contributed by atoms with E-state index in [0.717, 1.165) is 6.42 Å². The topological polar surface area (TPSA) is 4.93 Å². The Hall–Kier alpha value is -3.62. The van der Waals surface area contributed by atoms with Gasteiger partial charge < -0.3 is 4.57 Å². The van der Waals surface area contributed by atoms with Gasteiger partial charge in [-0.25, -0.2) is 0 Å². The molecule has 0 radical (unpaired) electrons. The van der Waals surface area contributed by atoms with Crippen LogP contribution in [0.4, 0.5) is 0 Å². The summed E-state index contributed by atoms with van der Waals surface area (Å²) in [6.45, 7) is 14.1. The molecule has 6 aromatic rings. The largest absolute Gasteiger partial charge is 0.309 e. The minimum absolute atomic E-state index is 0.0167. The van der Waals surface area contributed by atoms with Gasteiger partial charge in [0, 0.05) is 37.0 Å². The van der Waals surface area contributed by atoms with Crippen molar-refractivity contribution in [2.24, 2.45) is 0 Å². The molecule has 1 nitrogen and oxygen atoms in total. The lowest BCUT2D eigenvalue weighted by molar-refractivity contribution is 0.562. The fraction of sp³-hybridized carbons (Fsp3) is 0.282. The summed E-state index contributed by atoms with van der Waals surface area (Å²) >= 11 is 2.00. The van der Waals surface area contributed by atoms with Gasteiger partial charge in [-0.15, -0.1) is 11.3 Å². The van der Waals surface area contributed by atoms with Gasteiger partial charge in [-0.05, 0) is 89.0 Å². The number of nitrogens with zero attached hydrogens (tertiary/aromatic N) is 1. The standard InChI is InChI=1S/C39H39NS/c1-7-25(3)36-21-22-37(41-36)39(6,8-2)26-17-20-35-31(23-26)30-14-10-12-16-34(30)40(35)27-18-19-29-28-13-9-11-15-32(28)38(4,5)33(29)24-27/h9-25H,7-8H2,1-6H3. The lowest BCUT2D eigenvalue weighted by Gasteiger charge is -2.28. The van der Waals surface area contributed by atoms with E-state index >= 15 is 0 Å². The molecule has 0 amide bonds. The molecule has 2 unspecified atom stereocenters. The van der Waals surface area contributed by atoms with Gasteiger partial charge in [0.1, 0.15) is 0 Å². The summed E-state index contributed by atoms with van der Waals surface area (Å²) in [6.07, 6.45) is 2.25. The van der Waals surface area contributed by atoms with Gasteiger partial charge in [-0.1, -0.05) is 96.1 Å². The van der Waals surface area contributed by atoms with Crippen molar-refractivity contribution in [1.82, 2.24) is 4.57 Å². The van der Waals surface area contributed by atoms with Crippen LogP contribution in [0.1, 0.15) is 86.7 Å². The normalized spacial score (nSPS) is 16.0. The Kier molecular flexibility index (Phi) is 6.07. The smallest absolute Gasteiger partial charge is 0.0541 e. The summed E-state index contributed by atoms with van der Waals surface area (Å²) in [5.74, 6) is 0.611. The third-order valence-corrected chi connectivity index (χ3v) is 11.7. The average Bonchev–Trinajstić information content (AvgIpc) is 3.69. The maximum absolute atomic E-state index is 2.48. The van der Waals surface area contributed by atoms with Crippen LogP contribution < -0.4 is 0 Å². The number of rotatable bonds is 6. The van der Waals surface area contributed by atoms with E-state index in [1.165, 1.54) is 71.5 Å². The zero-order valence-corrected chi connectivity index (χ0v) is 25.9. The molecule has 2 atom stereocenters. The summed E-state index contributed by atoms with van der Waals surface area (Å²) in [5, 5.41) is 2.65. The van der Waals surface area contributed by atoms with Gasteiger partial charge in [0.05, 0.1) is 11.0 Å². The van der Waals surface area contributed by atoms with Gasteiger partial charge in [-0.2, -0.15) is 0 Å². The van der Waals surface area contributed by atoms with E-state index in [0.29, 0.717) is 5.92 Å². The van der Waals surface area contributed by atoms with E-state index in [1.807, 2.05) is 11.3 Å². The summed E-state index contributed by atoms with van der Waals surface area (Å²) in [7, 11) is 0. The Morgan fingerprint density at radius 1 is 0.756 bits per heavy atom. The molecular formula is C39H39NS. The van der Waals surface area contributed by atoms with E-state index in [2.05, 4.69) is 143 Å². The van der Waals surface area contributed by atoms with Gasteiger partial charge in [0.15, 0.2) is 0 Å². The predicted molar refractivity (Wildman–Crippen MR) is 178 cm³/mol. The van der Waals surface area contributed by atoms with Crippen LogP contribution in [-0.4, -0.2) is 4.57 Å². The summed E-state index contributed by atoms with van der Waals surface area (Å²) in [5.41, 5.74) is 10.7. The molecule has 0 spiro atoms. The fourth-order valence-corrected chi connectivity index (χ4v) is 8.44. The molecular weight excluding hydrogens is 515 g/mol. The van der Waals surface area contributed by atoms with Crippen molar-refractivity contribution in [3.63, 3.8) is 0 Å². The molecule has 2 aromatic heterocycles. The Bertz CT molecular complexity index is 1930. The number of para-hydroxylation sites is 1. The molecule has 0 aliphatic heterocycles. The second-order valence-corrected chi connectivity index (χ2v) is 13.8. The minimum Gasteiger partial charge on any atom is -0.309 e. The quantitative estimate of drug-likeness (QED) is 0.193. The third kappa shape index (κ3) is 3.80. The molecule has 0 saturated heterocycles. The number of hydrogen-bond donors (Lipinski definition) is 0. The van der Waals surface area contributed by atoms with Crippen molar-refractivity contribution >= 4 is 33.1 Å². The van der Waals surface area contributed by atoms with Crippen molar-refractivity contribution in [3.05, 3.63) is 124 Å². The van der Waals surface area contributed by atoms with Crippen LogP contribution in [0.3, 0.4) is 0 Å². The molecule has 1 aliphatic carbocycles. The Morgan fingerprint density at radius 2 is 1.49 bits per heavy atom. The van der Waals surface area contributed by atoms with E-state index in [1.54, 1.807) is 0 Å². The summed E-state index contributed by atoms with van der Waals surface area (Å²) in [6, 6.07) is 36.9. The van der Waals surface area contributed by atoms with Crippen molar-refractivity contribution in [2.75, 3.05) is 0 Å². The molecule has 0 N–H and O–H groups in total. The first-order chi connectivity index (χ1) is 19.8. The van der Waals surface area contributed by atoms with E-state index in [4.69, 9.17) is 0 Å². The Balaban J connectivity index is 1.40. The number of aromatic nitrogens is 1. The third-order valence-electron chi connectivity index (χ3n) is 10.1. The number of fused-ring (bicyclic) bond motifs is 6. The van der Waals surface area contributed by atoms with Crippen molar-refractivity contribution in [2.45, 2.75) is 71.1 Å². The second-order valence-electron chi connectivity index (χ2n) is 12.7. The molecule has 41 heavy (non-hydrogen) atoms. The van der Waals surface area contributed by atoms with Crippen molar-refractivity contribution in [3.8, 4) is 16.8 Å². The zero-order valence-electron chi connectivity index (χ0n) is 25.1.